The Morgan fingerprint density at radius 1 is 0.597 bits per heavy atom. The van der Waals surface area contributed by atoms with Crippen LogP contribution in [0.4, 0.5) is 17.6 Å². The largest absolute Gasteiger partial charge is 0.493 e. The van der Waals surface area contributed by atoms with E-state index in [0.717, 1.165) is 26.2 Å². The molecule has 4 aliphatic heterocycles. The van der Waals surface area contributed by atoms with Crippen LogP contribution in [0.25, 0.3) is 21.8 Å². The van der Waals surface area contributed by atoms with Gasteiger partial charge in [0.2, 0.25) is 23.4 Å². The van der Waals surface area contributed by atoms with E-state index in [1.807, 2.05) is 52.3 Å². The number of piperazine rings is 2. The molecule has 2 amide bonds. The predicted molar refractivity (Wildman–Crippen MR) is 250 cm³/mol. The van der Waals surface area contributed by atoms with Crippen LogP contribution in [0, 0.1) is 0 Å². The van der Waals surface area contributed by atoms with Crippen molar-refractivity contribution in [3.05, 3.63) is 78.1 Å². The summed E-state index contributed by atoms with van der Waals surface area (Å²) in [5.41, 5.74) is 13.2. The average Bonchev–Trinajstić information content (AvgIpc) is 3.37. The van der Waals surface area contributed by atoms with Crippen molar-refractivity contribution >= 4 is 62.8 Å². The van der Waals surface area contributed by atoms with Gasteiger partial charge in [0.25, 0.3) is 11.8 Å². The van der Waals surface area contributed by atoms with Crippen molar-refractivity contribution in [3.63, 3.8) is 0 Å². The van der Waals surface area contributed by atoms with Gasteiger partial charge in [-0.2, -0.15) is 4.98 Å². The number of hydrogen-bond donors (Lipinski definition) is 3. The number of carbonyl (C=O) groups is 2. The SMILES string of the molecule is COc1cc2nc(Cl)nc(N)c2cc1OC.COc1cc2nc(N3CCN(C(=O)C4COc5ccccc5O4)CC3)nc(N)c2cc1OC.O=C(C1COc2ccccc2O1)N1CCNCC1. The van der Waals surface area contributed by atoms with Gasteiger partial charge in [0.15, 0.2) is 46.0 Å². The van der Waals surface area contributed by atoms with Gasteiger partial charge >= 0.3 is 0 Å². The number of benzene rings is 4. The monoisotopic (exact) mass is 938 g/mol. The first kappa shape index (κ1) is 46.1. The second-order valence-corrected chi connectivity index (χ2v) is 15.7. The van der Waals surface area contributed by atoms with E-state index < -0.39 is 12.2 Å². The second kappa shape index (κ2) is 20.8. The Kier molecular flexibility index (Phi) is 14.3. The molecule has 20 nitrogen and oxygen atoms in total. The number of aromatic nitrogens is 4. The van der Waals surface area contributed by atoms with E-state index in [2.05, 4.69) is 25.3 Å². The zero-order valence-electron chi connectivity index (χ0n) is 37.4. The minimum absolute atomic E-state index is 0.0194. The summed E-state index contributed by atoms with van der Waals surface area (Å²) in [7, 11) is 6.25. The molecule has 2 unspecified atom stereocenters. The van der Waals surface area contributed by atoms with E-state index >= 15 is 0 Å². The van der Waals surface area contributed by atoms with Crippen LogP contribution in [0.5, 0.6) is 46.0 Å². The number of ether oxygens (including phenoxy) is 8. The van der Waals surface area contributed by atoms with Crippen LogP contribution in [0.2, 0.25) is 5.28 Å². The fourth-order valence-electron chi connectivity index (χ4n) is 7.76. The van der Waals surface area contributed by atoms with Crippen molar-refractivity contribution in [2.75, 3.05) is 110 Å². The number of amides is 2. The average molecular weight is 939 g/mol. The number of hydrogen-bond acceptors (Lipinski definition) is 18. The van der Waals surface area contributed by atoms with Gasteiger partial charge in [0, 0.05) is 75.3 Å². The van der Waals surface area contributed by atoms with Gasteiger partial charge in [-0.1, -0.05) is 24.3 Å². The lowest BCUT2D eigenvalue weighted by molar-refractivity contribution is -0.142. The second-order valence-electron chi connectivity index (χ2n) is 15.4. The van der Waals surface area contributed by atoms with Crippen LogP contribution >= 0.6 is 11.6 Å². The first-order chi connectivity index (χ1) is 32.6. The molecular weight excluding hydrogens is 888 g/mol. The quantitative estimate of drug-likeness (QED) is 0.193. The fourth-order valence-corrected chi connectivity index (χ4v) is 7.94. The molecule has 2 saturated heterocycles. The molecule has 0 saturated carbocycles. The van der Waals surface area contributed by atoms with E-state index in [-0.39, 0.29) is 23.7 Å². The summed E-state index contributed by atoms with van der Waals surface area (Å²) < 4.78 is 43.9. The lowest BCUT2D eigenvalue weighted by Crippen LogP contribution is -2.54. The first-order valence-electron chi connectivity index (χ1n) is 21.4. The van der Waals surface area contributed by atoms with Crippen molar-refractivity contribution < 1.29 is 47.5 Å². The van der Waals surface area contributed by atoms with Crippen LogP contribution in [0.15, 0.2) is 72.8 Å². The van der Waals surface area contributed by atoms with Gasteiger partial charge in [0.1, 0.15) is 24.8 Å². The third kappa shape index (κ3) is 10.3. The number of rotatable bonds is 7. The summed E-state index contributed by atoms with van der Waals surface area (Å²) in [6.45, 7) is 5.85. The number of nitrogen functional groups attached to an aromatic ring is 2. The normalized spacial score (nSPS) is 17.3. The van der Waals surface area contributed by atoms with Crippen LogP contribution in [0.3, 0.4) is 0 Å². The Labute approximate surface area is 390 Å². The van der Waals surface area contributed by atoms with Crippen molar-refractivity contribution in [1.82, 2.24) is 35.1 Å². The van der Waals surface area contributed by atoms with Gasteiger partial charge in [-0.05, 0) is 48.0 Å². The number of anilines is 3. The standard InChI is InChI=1S/C23H25N5O5.C13H16N2O3.C10H10ClN3O2/c1-30-18-11-14-15(12-19(18)31-2)25-23(26-21(14)24)28-9-7-27(8-10-28)22(29)20-13-32-16-5-3-4-6-17(16)33-20;16-13(15-7-5-14-6-8-15)12-9-17-10-3-1-2-4-11(10)18-12;1-15-7-3-5-6(4-8(7)16-2)13-10(11)14-9(5)12/h3-6,11-12,20H,7-10,13H2,1-2H3,(H2,24,25,26);1-4,12,14H,5-9H2;3-4H,1-2H3,(H2,12,13,14). The molecule has 2 atom stereocenters. The number of methoxy groups -OCH3 is 4. The minimum atomic E-state index is -0.651. The molecule has 2 fully saturated rings. The van der Waals surface area contributed by atoms with E-state index in [1.165, 1.54) is 0 Å². The van der Waals surface area contributed by atoms with E-state index in [4.69, 9.17) is 61.0 Å². The molecular formula is C46H51ClN10O10. The van der Waals surface area contributed by atoms with E-state index in [1.54, 1.807) is 63.7 Å². The lowest BCUT2D eigenvalue weighted by Gasteiger charge is -2.37. The summed E-state index contributed by atoms with van der Waals surface area (Å²) in [6.07, 6.45) is -1.17. The zero-order valence-corrected chi connectivity index (χ0v) is 38.2. The number of nitrogens with two attached hydrogens (primary N) is 2. The Balaban J connectivity index is 0.000000150. The molecule has 2 aromatic heterocycles. The Morgan fingerprint density at radius 2 is 1.03 bits per heavy atom. The molecule has 0 bridgehead atoms. The summed E-state index contributed by atoms with van der Waals surface area (Å²) in [6, 6.07) is 21.8. The third-order valence-corrected chi connectivity index (χ3v) is 11.5. The maximum Gasteiger partial charge on any atom is 0.267 e. The Morgan fingerprint density at radius 3 is 1.52 bits per heavy atom. The predicted octanol–water partition coefficient (Wildman–Crippen LogP) is 3.86. The van der Waals surface area contributed by atoms with Crippen molar-refractivity contribution in [1.29, 1.82) is 0 Å². The summed E-state index contributed by atoms with van der Waals surface area (Å²) in [5, 5.41) is 4.71. The lowest BCUT2D eigenvalue weighted by atomic mass is 10.2. The summed E-state index contributed by atoms with van der Waals surface area (Å²) in [5.74, 6) is 6.03. The number of fused-ring (bicyclic) bond motifs is 4. The minimum Gasteiger partial charge on any atom is -0.493 e. The van der Waals surface area contributed by atoms with Crippen molar-refractivity contribution in [2.45, 2.75) is 12.2 Å². The highest BCUT2D eigenvalue weighted by molar-refractivity contribution is 6.28. The van der Waals surface area contributed by atoms with Crippen molar-refractivity contribution in [2.24, 2.45) is 0 Å². The van der Waals surface area contributed by atoms with Gasteiger partial charge in [-0.3, -0.25) is 9.59 Å². The highest BCUT2D eigenvalue weighted by Gasteiger charge is 2.34. The van der Waals surface area contributed by atoms with Crippen LogP contribution in [-0.2, 0) is 9.59 Å². The molecule has 6 aromatic rings. The van der Waals surface area contributed by atoms with Gasteiger partial charge in [0.05, 0.1) is 39.5 Å². The molecule has 352 valence electrons. The molecule has 0 aliphatic carbocycles. The van der Waals surface area contributed by atoms with Crippen LogP contribution < -0.4 is 59.6 Å². The number of nitrogens with one attached hydrogen (secondary N) is 1. The maximum atomic E-state index is 13.0. The molecule has 4 aromatic carbocycles. The van der Waals surface area contributed by atoms with Gasteiger partial charge < -0.3 is 69.4 Å². The molecule has 5 N–H and O–H groups in total. The van der Waals surface area contributed by atoms with Gasteiger partial charge in [-0.25, -0.2) is 15.0 Å². The number of nitrogens with zero attached hydrogens (tertiary/aromatic N) is 7. The number of halogens is 1. The fraction of sp³-hybridized carbons (Fsp3) is 0.348. The molecule has 4 aliphatic rings. The highest BCUT2D eigenvalue weighted by atomic mass is 35.5. The smallest absolute Gasteiger partial charge is 0.267 e. The van der Waals surface area contributed by atoms with Crippen LogP contribution in [0.1, 0.15) is 0 Å². The summed E-state index contributed by atoms with van der Waals surface area (Å²) in [4.78, 5) is 48.0. The highest BCUT2D eigenvalue weighted by Crippen LogP contribution is 2.36. The van der Waals surface area contributed by atoms with E-state index in [9.17, 15) is 9.59 Å². The summed E-state index contributed by atoms with van der Waals surface area (Å²) >= 11 is 5.72. The molecule has 6 heterocycles. The third-order valence-electron chi connectivity index (χ3n) is 11.3. The Bertz CT molecular complexity index is 2740. The molecule has 67 heavy (non-hydrogen) atoms. The number of para-hydroxylation sites is 4. The maximum absolute atomic E-state index is 13.0. The van der Waals surface area contributed by atoms with Crippen LogP contribution in [-0.4, -0.2) is 148 Å². The van der Waals surface area contributed by atoms with Gasteiger partial charge in [-0.15, -0.1) is 0 Å². The van der Waals surface area contributed by atoms with Crippen molar-refractivity contribution in [3.8, 4) is 46.0 Å². The number of carbonyl (C=O) groups excluding carboxylic acids is 2. The molecule has 0 radical (unpaired) electrons. The first-order valence-corrected chi connectivity index (χ1v) is 21.8. The Hall–Kier alpha value is -7.45. The zero-order chi connectivity index (χ0) is 47.0. The molecule has 10 rings (SSSR count). The topological polar surface area (TPSA) is 233 Å². The molecule has 21 heteroatoms. The van der Waals surface area contributed by atoms with E-state index in [0.29, 0.717) is 118 Å². The molecule has 0 spiro atoms.